The first-order chi connectivity index (χ1) is 10.5. The summed E-state index contributed by atoms with van der Waals surface area (Å²) in [5.74, 6) is 0.0127. The molecule has 0 aliphatic carbocycles. The quantitative estimate of drug-likeness (QED) is 0.802. The molecule has 0 saturated heterocycles. The largest absolute Gasteiger partial charge is 0.403 e. The van der Waals surface area contributed by atoms with Crippen LogP contribution in [0.1, 0.15) is 21.7 Å². The van der Waals surface area contributed by atoms with E-state index in [0.717, 1.165) is 16.8 Å². The van der Waals surface area contributed by atoms with Crippen molar-refractivity contribution < 1.29 is 9.21 Å². The number of rotatable bonds is 3. The highest BCUT2D eigenvalue weighted by Crippen LogP contribution is 2.20. The predicted octanol–water partition coefficient (Wildman–Crippen LogP) is 2.34. The van der Waals surface area contributed by atoms with Crippen molar-refractivity contribution in [2.45, 2.75) is 13.8 Å². The minimum Gasteiger partial charge on any atom is -0.403 e. The van der Waals surface area contributed by atoms with Crippen LogP contribution < -0.4 is 5.32 Å². The molecular formula is C15H15N5O2. The first kappa shape index (κ1) is 14.0. The van der Waals surface area contributed by atoms with Crippen LogP contribution in [0.15, 0.2) is 34.7 Å². The van der Waals surface area contributed by atoms with E-state index >= 15 is 0 Å². The summed E-state index contributed by atoms with van der Waals surface area (Å²) in [4.78, 5) is 12.1. The fourth-order valence-electron chi connectivity index (χ4n) is 2.07. The standard InChI is InChI=1S/C15H15N5O2/c1-9-4-6-11(7-5-9)14-17-18-15(22-14)16-13(21)12-8-10(2)19-20(12)3/h4-8H,1-3H3,(H,16,18,21). The molecule has 7 heteroatoms. The van der Waals surface area contributed by atoms with Gasteiger partial charge in [-0.15, -0.1) is 5.10 Å². The number of hydrogen-bond acceptors (Lipinski definition) is 5. The lowest BCUT2D eigenvalue weighted by Crippen LogP contribution is -2.16. The monoisotopic (exact) mass is 297 g/mol. The number of benzene rings is 1. The molecule has 0 unspecified atom stereocenters. The van der Waals surface area contributed by atoms with Crippen LogP contribution >= 0.6 is 0 Å². The molecule has 0 aliphatic heterocycles. The molecule has 0 radical (unpaired) electrons. The second-order valence-electron chi connectivity index (χ2n) is 5.03. The number of nitrogens with zero attached hydrogens (tertiary/aromatic N) is 4. The van der Waals surface area contributed by atoms with E-state index < -0.39 is 0 Å². The third-order valence-electron chi connectivity index (χ3n) is 3.18. The average molecular weight is 297 g/mol. The molecule has 0 atom stereocenters. The van der Waals surface area contributed by atoms with E-state index in [1.807, 2.05) is 38.1 Å². The lowest BCUT2D eigenvalue weighted by Gasteiger charge is -2.00. The number of carbonyl (C=O) groups is 1. The summed E-state index contributed by atoms with van der Waals surface area (Å²) in [7, 11) is 1.70. The molecule has 3 rings (SSSR count). The summed E-state index contributed by atoms with van der Waals surface area (Å²) < 4.78 is 6.97. The van der Waals surface area contributed by atoms with Crippen molar-refractivity contribution in [1.29, 1.82) is 0 Å². The Bertz CT molecular complexity index is 817. The van der Waals surface area contributed by atoms with Gasteiger partial charge in [-0.3, -0.25) is 14.8 Å². The van der Waals surface area contributed by atoms with Gasteiger partial charge >= 0.3 is 6.01 Å². The summed E-state index contributed by atoms with van der Waals surface area (Å²) in [6.45, 7) is 3.82. The molecule has 1 amide bonds. The molecule has 7 nitrogen and oxygen atoms in total. The first-order valence-corrected chi connectivity index (χ1v) is 6.75. The van der Waals surface area contributed by atoms with Crippen molar-refractivity contribution in [3.05, 3.63) is 47.3 Å². The lowest BCUT2D eigenvalue weighted by molar-refractivity contribution is 0.101. The summed E-state index contributed by atoms with van der Waals surface area (Å²) in [6.07, 6.45) is 0. The van der Waals surface area contributed by atoms with E-state index in [4.69, 9.17) is 4.42 Å². The van der Waals surface area contributed by atoms with Crippen LogP contribution in [0.5, 0.6) is 0 Å². The van der Waals surface area contributed by atoms with Gasteiger partial charge in [-0.1, -0.05) is 22.8 Å². The molecule has 0 bridgehead atoms. The maximum atomic E-state index is 12.1. The topological polar surface area (TPSA) is 85.8 Å². The molecule has 22 heavy (non-hydrogen) atoms. The van der Waals surface area contributed by atoms with Crippen molar-refractivity contribution in [3.8, 4) is 11.5 Å². The van der Waals surface area contributed by atoms with Gasteiger partial charge in [0.05, 0.1) is 5.69 Å². The number of anilines is 1. The lowest BCUT2D eigenvalue weighted by atomic mass is 10.1. The Kier molecular flexibility index (Phi) is 3.46. The molecule has 112 valence electrons. The van der Waals surface area contributed by atoms with E-state index in [2.05, 4.69) is 20.6 Å². The molecule has 3 aromatic rings. The molecule has 1 aromatic carbocycles. The van der Waals surface area contributed by atoms with Crippen LogP contribution in [0.3, 0.4) is 0 Å². The number of aromatic nitrogens is 4. The minimum atomic E-state index is -0.345. The number of carbonyl (C=O) groups excluding carboxylic acids is 1. The zero-order valence-electron chi connectivity index (χ0n) is 12.5. The maximum absolute atomic E-state index is 12.1. The zero-order valence-corrected chi connectivity index (χ0v) is 12.5. The van der Waals surface area contributed by atoms with Crippen LogP contribution in [0, 0.1) is 13.8 Å². The Labute approximate surface area is 127 Å². The summed E-state index contributed by atoms with van der Waals surface area (Å²) in [5, 5.41) is 14.5. The SMILES string of the molecule is Cc1ccc(-c2nnc(NC(=O)c3cc(C)nn3C)o2)cc1. The zero-order chi connectivity index (χ0) is 15.7. The van der Waals surface area contributed by atoms with Crippen LogP contribution in [0.4, 0.5) is 6.01 Å². The molecule has 2 aromatic heterocycles. The van der Waals surface area contributed by atoms with E-state index in [9.17, 15) is 4.79 Å². The van der Waals surface area contributed by atoms with Gasteiger partial charge < -0.3 is 4.42 Å². The van der Waals surface area contributed by atoms with Gasteiger partial charge in [-0.2, -0.15) is 5.10 Å². The highest BCUT2D eigenvalue weighted by atomic mass is 16.4. The molecule has 0 saturated carbocycles. The van der Waals surface area contributed by atoms with Crippen molar-refractivity contribution >= 4 is 11.9 Å². The van der Waals surface area contributed by atoms with Crippen LogP contribution in [0.2, 0.25) is 0 Å². The van der Waals surface area contributed by atoms with Crippen molar-refractivity contribution in [2.75, 3.05) is 5.32 Å². The molecule has 0 spiro atoms. The fraction of sp³-hybridized carbons (Fsp3) is 0.200. The molecule has 0 aliphatic rings. The number of amides is 1. The van der Waals surface area contributed by atoms with Crippen molar-refractivity contribution in [1.82, 2.24) is 20.0 Å². The Morgan fingerprint density at radius 2 is 1.91 bits per heavy atom. The summed E-state index contributed by atoms with van der Waals surface area (Å²) in [6, 6.07) is 9.43. The molecule has 1 N–H and O–H groups in total. The number of nitrogens with one attached hydrogen (secondary N) is 1. The normalized spacial score (nSPS) is 10.7. The Balaban J connectivity index is 1.78. The highest BCUT2D eigenvalue weighted by Gasteiger charge is 2.16. The van der Waals surface area contributed by atoms with Crippen LogP contribution in [-0.4, -0.2) is 25.9 Å². The Morgan fingerprint density at radius 1 is 1.18 bits per heavy atom. The molecule has 2 heterocycles. The maximum Gasteiger partial charge on any atom is 0.322 e. The Morgan fingerprint density at radius 3 is 2.55 bits per heavy atom. The second kappa shape index (κ2) is 5.44. The summed E-state index contributed by atoms with van der Waals surface area (Å²) >= 11 is 0. The fourth-order valence-corrected chi connectivity index (χ4v) is 2.07. The predicted molar refractivity (Wildman–Crippen MR) is 80.4 cm³/mol. The van der Waals surface area contributed by atoms with Gasteiger partial charge in [-0.25, -0.2) is 0 Å². The molecule has 0 fully saturated rings. The Hall–Kier alpha value is -2.96. The van der Waals surface area contributed by atoms with Gasteiger partial charge in [-0.05, 0) is 32.0 Å². The third-order valence-corrected chi connectivity index (χ3v) is 3.18. The van der Waals surface area contributed by atoms with Crippen molar-refractivity contribution in [2.24, 2.45) is 7.05 Å². The number of aryl methyl sites for hydroxylation is 3. The van der Waals surface area contributed by atoms with E-state index in [-0.39, 0.29) is 11.9 Å². The van der Waals surface area contributed by atoms with Gasteiger partial charge in [0.1, 0.15) is 5.69 Å². The molecular weight excluding hydrogens is 282 g/mol. The average Bonchev–Trinajstić information content (AvgIpc) is 3.06. The van der Waals surface area contributed by atoms with E-state index in [0.29, 0.717) is 11.6 Å². The smallest absolute Gasteiger partial charge is 0.322 e. The minimum absolute atomic E-state index is 0.0550. The van der Waals surface area contributed by atoms with Gasteiger partial charge in [0.2, 0.25) is 5.89 Å². The van der Waals surface area contributed by atoms with E-state index in [1.165, 1.54) is 4.68 Å². The second-order valence-corrected chi connectivity index (χ2v) is 5.03. The van der Waals surface area contributed by atoms with Crippen molar-refractivity contribution in [3.63, 3.8) is 0 Å². The number of hydrogen-bond donors (Lipinski definition) is 1. The third kappa shape index (κ3) is 2.73. The first-order valence-electron chi connectivity index (χ1n) is 6.75. The van der Waals surface area contributed by atoms with Gasteiger partial charge in [0.25, 0.3) is 5.91 Å². The van der Waals surface area contributed by atoms with E-state index in [1.54, 1.807) is 13.1 Å². The van der Waals surface area contributed by atoms with Crippen LogP contribution in [-0.2, 0) is 7.05 Å². The summed E-state index contributed by atoms with van der Waals surface area (Å²) in [5.41, 5.74) is 3.13. The highest BCUT2D eigenvalue weighted by molar-refractivity contribution is 6.01. The van der Waals surface area contributed by atoms with Crippen LogP contribution in [0.25, 0.3) is 11.5 Å². The van der Waals surface area contributed by atoms with Gasteiger partial charge in [0, 0.05) is 12.6 Å². The van der Waals surface area contributed by atoms with Gasteiger partial charge in [0.15, 0.2) is 0 Å².